The molecule has 20 heavy (non-hydrogen) atoms. The molecule has 1 fully saturated rings. The SMILES string of the molecule is CC(CC1CCCCC1)C(=O)Nc1ccccc1N.Cl. The quantitative estimate of drug-likeness (QED) is 0.817. The lowest BCUT2D eigenvalue weighted by Crippen LogP contribution is -2.24. The molecule has 1 aromatic rings. The zero-order chi connectivity index (χ0) is 13.7. The van der Waals surface area contributed by atoms with Gasteiger partial charge in [0.1, 0.15) is 0 Å². The Kier molecular flexibility index (Phi) is 6.86. The van der Waals surface area contributed by atoms with Gasteiger partial charge in [0.2, 0.25) is 5.91 Å². The third-order valence-corrected chi connectivity index (χ3v) is 4.08. The molecule has 0 heterocycles. The summed E-state index contributed by atoms with van der Waals surface area (Å²) in [6.45, 7) is 2.02. The number of rotatable bonds is 4. The van der Waals surface area contributed by atoms with Crippen LogP contribution in [0.3, 0.4) is 0 Å². The number of hydrogen-bond acceptors (Lipinski definition) is 2. The molecule has 1 aliphatic carbocycles. The first-order chi connectivity index (χ1) is 9.16. The Morgan fingerprint density at radius 3 is 2.60 bits per heavy atom. The van der Waals surface area contributed by atoms with Gasteiger partial charge in [-0.2, -0.15) is 0 Å². The molecule has 112 valence electrons. The molecule has 1 aromatic carbocycles. The first-order valence-electron chi connectivity index (χ1n) is 7.32. The largest absolute Gasteiger partial charge is 0.397 e. The number of para-hydroxylation sites is 2. The van der Waals surface area contributed by atoms with Crippen molar-refractivity contribution < 1.29 is 4.79 Å². The van der Waals surface area contributed by atoms with Crippen LogP contribution in [-0.2, 0) is 4.79 Å². The van der Waals surface area contributed by atoms with Gasteiger partial charge in [0.25, 0.3) is 0 Å². The van der Waals surface area contributed by atoms with Crippen molar-refractivity contribution in [1.82, 2.24) is 0 Å². The number of carbonyl (C=O) groups is 1. The minimum Gasteiger partial charge on any atom is -0.397 e. The van der Waals surface area contributed by atoms with Gasteiger partial charge in [-0.15, -0.1) is 12.4 Å². The molecule has 0 bridgehead atoms. The van der Waals surface area contributed by atoms with E-state index < -0.39 is 0 Å². The Labute approximate surface area is 127 Å². The monoisotopic (exact) mass is 296 g/mol. The summed E-state index contributed by atoms with van der Waals surface area (Å²) in [6, 6.07) is 7.41. The van der Waals surface area contributed by atoms with Gasteiger partial charge in [0, 0.05) is 5.92 Å². The maximum atomic E-state index is 12.2. The average Bonchev–Trinajstić information content (AvgIpc) is 2.42. The highest BCUT2D eigenvalue weighted by Crippen LogP contribution is 2.29. The normalized spacial score (nSPS) is 17.1. The van der Waals surface area contributed by atoms with Crippen molar-refractivity contribution in [3.8, 4) is 0 Å². The molecule has 0 aromatic heterocycles. The molecule has 0 radical (unpaired) electrons. The van der Waals surface area contributed by atoms with E-state index in [1.165, 1.54) is 32.1 Å². The zero-order valence-corrected chi connectivity index (χ0v) is 12.9. The Bertz CT molecular complexity index is 430. The highest BCUT2D eigenvalue weighted by Gasteiger charge is 2.21. The molecule has 4 heteroatoms. The Morgan fingerprint density at radius 2 is 1.95 bits per heavy atom. The summed E-state index contributed by atoms with van der Waals surface area (Å²) < 4.78 is 0. The van der Waals surface area contributed by atoms with Crippen LogP contribution < -0.4 is 11.1 Å². The van der Waals surface area contributed by atoms with Crippen LogP contribution in [0.5, 0.6) is 0 Å². The number of nitrogens with two attached hydrogens (primary N) is 1. The number of nitrogens with one attached hydrogen (secondary N) is 1. The lowest BCUT2D eigenvalue weighted by atomic mass is 9.83. The average molecular weight is 297 g/mol. The molecule has 0 aliphatic heterocycles. The van der Waals surface area contributed by atoms with E-state index >= 15 is 0 Å². The fraction of sp³-hybridized carbons (Fsp3) is 0.562. The third-order valence-electron chi connectivity index (χ3n) is 4.08. The molecule has 1 atom stereocenters. The summed E-state index contributed by atoms with van der Waals surface area (Å²) >= 11 is 0. The van der Waals surface area contributed by atoms with E-state index in [4.69, 9.17) is 5.73 Å². The standard InChI is InChI=1S/C16H24N2O.ClH/c1-12(11-13-7-3-2-4-8-13)16(19)18-15-10-6-5-9-14(15)17;/h5-6,9-10,12-13H,2-4,7-8,11,17H2,1H3,(H,18,19);1H. The van der Waals surface area contributed by atoms with Gasteiger partial charge in [0.15, 0.2) is 0 Å². The summed E-state index contributed by atoms with van der Waals surface area (Å²) in [4.78, 5) is 12.2. The van der Waals surface area contributed by atoms with E-state index in [1.807, 2.05) is 25.1 Å². The topological polar surface area (TPSA) is 55.1 Å². The molecule has 2 rings (SSSR count). The van der Waals surface area contributed by atoms with Gasteiger partial charge in [-0.3, -0.25) is 4.79 Å². The molecule has 1 unspecified atom stereocenters. The van der Waals surface area contributed by atoms with Gasteiger partial charge in [-0.25, -0.2) is 0 Å². The zero-order valence-electron chi connectivity index (χ0n) is 12.1. The van der Waals surface area contributed by atoms with Crippen LogP contribution in [0.4, 0.5) is 11.4 Å². The number of benzene rings is 1. The van der Waals surface area contributed by atoms with Gasteiger partial charge in [0.05, 0.1) is 11.4 Å². The summed E-state index contributed by atoms with van der Waals surface area (Å²) in [5.74, 6) is 0.869. The Balaban J connectivity index is 0.00000200. The fourth-order valence-electron chi connectivity index (χ4n) is 2.90. The molecule has 0 spiro atoms. The summed E-state index contributed by atoms with van der Waals surface area (Å²) in [5.41, 5.74) is 7.19. The third kappa shape index (κ3) is 4.71. The molecule has 1 saturated carbocycles. The van der Waals surface area contributed by atoms with Crippen molar-refractivity contribution in [3.63, 3.8) is 0 Å². The number of anilines is 2. The van der Waals surface area contributed by atoms with E-state index in [0.717, 1.165) is 18.0 Å². The summed E-state index contributed by atoms with van der Waals surface area (Å²) in [5, 5.41) is 2.94. The van der Waals surface area contributed by atoms with Crippen LogP contribution in [0.15, 0.2) is 24.3 Å². The van der Waals surface area contributed by atoms with E-state index in [2.05, 4.69) is 5.32 Å². The van der Waals surface area contributed by atoms with Crippen LogP contribution in [0, 0.1) is 11.8 Å². The maximum Gasteiger partial charge on any atom is 0.227 e. The van der Waals surface area contributed by atoms with Crippen molar-refractivity contribution in [2.45, 2.75) is 45.4 Å². The molecule has 3 N–H and O–H groups in total. The van der Waals surface area contributed by atoms with Gasteiger partial charge >= 0.3 is 0 Å². The summed E-state index contributed by atoms with van der Waals surface area (Å²) in [6.07, 6.45) is 7.57. The predicted octanol–water partition coefficient (Wildman–Crippen LogP) is 4.24. The Morgan fingerprint density at radius 1 is 1.30 bits per heavy atom. The lowest BCUT2D eigenvalue weighted by Gasteiger charge is -2.24. The molecular weight excluding hydrogens is 272 g/mol. The highest BCUT2D eigenvalue weighted by atomic mass is 35.5. The Hall–Kier alpha value is -1.22. The van der Waals surface area contributed by atoms with Crippen LogP contribution in [0.2, 0.25) is 0 Å². The van der Waals surface area contributed by atoms with Gasteiger partial charge < -0.3 is 11.1 Å². The number of hydrogen-bond donors (Lipinski definition) is 2. The van der Waals surface area contributed by atoms with Crippen molar-refractivity contribution in [3.05, 3.63) is 24.3 Å². The molecular formula is C16H25ClN2O. The van der Waals surface area contributed by atoms with Crippen LogP contribution in [-0.4, -0.2) is 5.91 Å². The second kappa shape index (κ2) is 8.15. The minimum absolute atomic E-state index is 0. The number of halogens is 1. The van der Waals surface area contributed by atoms with E-state index in [9.17, 15) is 4.79 Å². The first kappa shape index (κ1) is 16.8. The van der Waals surface area contributed by atoms with Crippen LogP contribution in [0.1, 0.15) is 45.4 Å². The first-order valence-corrected chi connectivity index (χ1v) is 7.32. The van der Waals surface area contributed by atoms with Crippen molar-refractivity contribution in [2.75, 3.05) is 11.1 Å². The predicted molar refractivity (Wildman–Crippen MR) is 87.1 cm³/mol. The van der Waals surface area contributed by atoms with E-state index in [0.29, 0.717) is 5.69 Å². The number of carbonyl (C=O) groups excluding carboxylic acids is 1. The molecule has 0 saturated heterocycles. The van der Waals surface area contributed by atoms with Crippen molar-refractivity contribution >= 4 is 29.7 Å². The van der Waals surface area contributed by atoms with Crippen LogP contribution >= 0.6 is 12.4 Å². The van der Waals surface area contributed by atoms with Crippen molar-refractivity contribution in [2.24, 2.45) is 11.8 Å². The number of nitrogen functional groups attached to an aromatic ring is 1. The second-order valence-corrected chi connectivity index (χ2v) is 5.72. The molecule has 1 amide bonds. The lowest BCUT2D eigenvalue weighted by molar-refractivity contribution is -0.120. The maximum absolute atomic E-state index is 12.2. The minimum atomic E-state index is 0. The smallest absolute Gasteiger partial charge is 0.227 e. The molecule has 3 nitrogen and oxygen atoms in total. The van der Waals surface area contributed by atoms with Crippen LogP contribution in [0.25, 0.3) is 0 Å². The molecule has 1 aliphatic rings. The number of amides is 1. The van der Waals surface area contributed by atoms with E-state index in [1.54, 1.807) is 6.07 Å². The van der Waals surface area contributed by atoms with E-state index in [-0.39, 0.29) is 24.2 Å². The second-order valence-electron chi connectivity index (χ2n) is 5.72. The fourth-order valence-corrected chi connectivity index (χ4v) is 2.90. The highest BCUT2D eigenvalue weighted by molar-refractivity contribution is 5.95. The van der Waals surface area contributed by atoms with Gasteiger partial charge in [-0.1, -0.05) is 51.2 Å². The van der Waals surface area contributed by atoms with Crippen molar-refractivity contribution in [1.29, 1.82) is 0 Å². The summed E-state index contributed by atoms with van der Waals surface area (Å²) in [7, 11) is 0. The van der Waals surface area contributed by atoms with Gasteiger partial charge in [-0.05, 0) is 24.5 Å².